The second-order valence-corrected chi connectivity index (χ2v) is 7.80. The van der Waals surface area contributed by atoms with Crippen molar-refractivity contribution >= 4 is 21.5 Å². The van der Waals surface area contributed by atoms with Gasteiger partial charge in [-0.2, -0.15) is 0 Å². The molecule has 1 atom stereocenters. The Kier molecular flexibility index (Phi) is 4.84. The molecule has 0 unspecified atom stereocenters. The number of benzene rings is 5. The van der Waals surface area contributed by atoms with Crippen LogP contribution in [0.4, 0.5) is 0 Å². The van der Waals surface area contributed by atoms with Gasteiger partial charge in [-0.05, 0) is 57.0 Å². The first-order valence-corrected chi connectivity index (χ1v) is 10.4. The molecule has 0 aliphatic rings. The summed E-state index contributed by atoms with van der Waals surface area (Å²) in [6.45, 7) is 0. The van der Waals surface area contributed by atoms with E-state index >= 15 is 0 Å². The van der Waals surface area contributed by atoms with E-state index in [1.807, 2.05) is 0 Å². The first-order valence-electron chi connectivity index (χ1n) is 10.4. The summed E-state index contributed by atoms with van der Waals surface area (Å²) in [6, 6.07) is 41.9. The Hall–Kier alpha value is -3.38. The maximum atomic E-state index is 2.32. The van der Waals surface area contributed by atoms with E-state index in [2.05, 4.69) is 115 Å². The minimum absolute atomic E-state index is 0.425. The minimum atomic E-state index is 0.425. The van der Waals surface area contributed by atoms with Crippen LogP contribution >= 0.6 is 0 Å². The Morgan fingerprint density at radius 2 is 1.03 bits per heavy atom. The molecule has 29 heavy (non-hydrogen) atoms. The van der Waals surface area contributed by atoms with E-state index in [0.717, 1.165) is 12.8 Å². The molecule has 5 rings (SSSR count). The third-order valence-corrected chi connectivity index (χ3v) is 5.93. The molecular weight excluding hydrogens is 348 g/mol. The molecule has 0 saturated heterocycles. The molecule has 0 N–H and O–H groups in total. The van der Waals surface area contributed by atoms with Crippen LogP contribution in [0.5, 0.6) is 0 Å². The molecule has 0 aliphatic carbocycles. The van der Waals surface area contributed by atoms with Crippen LogP contribution in [0.2, 0.25) is 0 Å². The second-order valence-electron chi connectivity index (χ2n) is 7.80. The highest BCUT2D eigenvalue weighted by atomic mass is 14.2. The largest absolute Gasteiger partial charge is 0.0622 e. The quantitative estimate of drug-likeness (QED) is 0.298. The first-order chi connectivity index (χ1) is 14.4. The predicted octanol–water partition coefficient (Wildman–Crippen LogP) is 7.56. The van der Waals surface area contributed by atoms with Crippen molar-refractivity contribution < 1.29 is 0 Å². The van der Waals surface area contributed by atoms with Crippen molar-refractivity contribution in [2.24, 2.45) is 0 Å². The summed E-state index contributed by atoms with van der Waals surface area (Å²) in [5.41, 5.74) is 4.27. The minimum Gasteiger partial charge on any atom is -0.0622 e. The van der Waals surface area contributed by atoms with Crippen LogP contribution in [0.25, 0.3) is 21.5 Å². The molecule has 0 nitrogen and oxygen atoms in total. The van der Waals surface area contributed by atoms with Crippen molar-refractivity contribution in [1.82, 2.24) is 0 Å². The van der Waals surface area contributed by atoms with Gasteiger partial charge in [-0.25, -0.2) is 0 Å². The van der Waals surface area contributed by atoms with Gasteiger partial charge in [0.1, 0.15) is 0 Å². The summed E-state index contributed by atoms with van der Waals surface area (Å²) < 4.78 is 0. The van der Waals surface area contributed by atoms with Gasteiger partial charge in [-0.15, -0.1) is 0 Å². The van der Waals surface area contributed by atoms with Gasteiger partial charge in [0.15, 0.2) is 0 Å². The SMILES string of the molecule is c1ccc(C[C@@H](Cc2cccc3ccccc23)c2cccc3ccccc23)cc1. The first kappa shape index (κ1) is 17.7. The van der Waals surface area contributed by atoms with Gasteiger partial charge >= 0.3 is 0 Å². The van der Waals surface area contributed by atoms with Crippen LogP contribution in [-0.2, 0) is 12.8 Å². The Bertz CT molecular complexity index is 1240. The van der Waals surface area contributed by atoms with Gasteiger partial charge in [0.25, 0.3) is 0 Å². The molecular formula is C29H24. The van der Waals surface area contributed by atoms with Crippen molar-refractivity contribution in [2.45, 2.75) is 18.8 Å². The highest BCUT2D eigenvalue weighted by Gasteiger charge is 2.17. The third kappa shape index (κ3) is 3.67. The van der Waals surface area contributed by atoms with Gasteiger partial charge in [-0.1, -0.05) is 115 Å². The van der Waals surface area contributed by atoms with Gasteiger partial charge in [-0.3, -0.25) is 0 Å². The molecule has 0 heterocycles. The van der Waals surface area contributed by atoms with Gasteiger partial charge in [0.05, 0.1) is 0 Å². The molecule has 5 aromatic rings. The van der Waals surface area contributed by atoms with E-state index in [9.17, 15) is 0 Å². The molecule has 0 radical (unpaired) electrons. The van der Waals surface area contributed by atoms with Crippen molar-refractivity contribution in [3.63, 3.8) is 0 Å². The van der Waals surface area contributed by atoms with Gasteiger partial charge < -0.3 is 0 Å². The zero-order valence-electron chi connectivity index (χ0n) is 16.5. The Labute approximate surface area is 172 Å². The van der Waals surface area contributed by atoms with Crippen LogP contribution in [0.1, 0.15) is 22.6 Å². The lowest BCUT2D eigenvalue weighted by atomic mass is 9.83. The Morgan fingerprint density at radius 3 is 1.83 bits per heavy atom. The monoisotopic (exact) mass is 372 g/mol. The van der Waals surface area contributed by atoms with Gasteiger partial charge in [0, 0.05) is 0 Å². The highest BCUT2D eigenvalue weighted by molar-refractivity contribution is 5.87. The smallest absolute Gasteiger partial charge is 0.00747 e. The number of rotatable bonds is 5. The molecule has 0 amide bonds. The molecule has 140 valence electrons. The van der Waals surface area contributed by atoms with Crippen LogP contribution in [-0.4, -0.2) is 0 Å². The predicted molar refractivity (Wildman–Crippen MR) is 124 cm³/mol. The molecule has 0 heteroatoms. The van der Waals surface area contributed by atoms with Crippen LogP contribution in [0, 0.1) is 0 Å². The van der Waals surface area contributed by atoms with E-state index in [-0.39, 0.29) is 0 Å². The lowest BCUT2D eigenvalue weighted by Crippen LogP contribution is -2.08. The summed E-state index contributed by atoms with van der Waals surface area (Å²) in [7, 11) is 0. The van der Waals surface area contributed by atoms with E-state index in [1.54, 1.807) is 0 Å². The lowest BCUT2D eigenvalue weighted by Gasteiger charge is -2.21. The van der Waals surface area contributed by atoms with Crippen molar-refractivity contribution in [2.75, 3.05) is 0 Å². The normalized spacial score (nSPS) is 12.3. The van der Waals surface area contributed by atoms with Crippen molar-refractivity contribution in [3.05, 3.63) is 132 Å². The molecule has 0 fully saturated rings. The zero-order chi connectivity index (χ0) is 19.5. The number of fused-ring (bicyclic) bond motifs is 2. The maximum absolute atomic E-state index is 2.32. The van der Waals surface area contributed by atoms with Crippen molar-refractivity contribution in [3.8, 4) is 0 Å². The summed E-state index contributed by atoms with van der Waals surface area (Å²) >= 11 is 0. The maximum Gasteiger partial charge on any atom is -0.00747 e. The van der Waals surface area contributed by atoms with E-state index < -0.39 is 0 Å². The van der Waals surface area contributed by atoms with Crippen LogP contribution < -0.4 is 0 Å². The lowest BCUT2D eigenvalue weighted by molar-refractivity contribution is 0.688. The summed E-state index contributed by atoms with van der Waals surface area (Å²) in [5.74, 6) is 0.425. The third-order valence-electron chi connectivity index (χ3n) is 5.93. The van der Waals surface area contributed by atoms with E-state index in [1.165, 1.54) is 38.2 Å². The summed E-state index contributed by atoms with van der Waals surface area (Å²) in [5, 5.41) is 5.38. The van der Waals surface area contributed by atoms with Gasteiger partial charge in [0.2, 0.25) is 0 Å². The topological polar surface area (TPSA) is 0 Å². The Balaban J connectivity index is 1.62. The van der Waals surface area contributed by atoms with E-state index in [4.69, 9.17) is 0 Å². The number of hydrogen-bond acceptors (Lipinski definition) is 0. The standard InChI is InChI=1S/C29H24/c1-2-10-22(11-3-1)20-26(29-19-9-15-24-13-5-7-18-28(24)29)21-25-16-8-14-23-12-4-6-17-27(23)25/h1-19,26H,20-21H2/t26-/m0/s1. The number of hydrogen-bond donors (Lipinski definition) is 0. The van der Waals surface area contributed by atoms with Crippen LogP contribution in [0.15, 0.2) is 115 Å². The van der Waals surface area contributed by atoms with Crippen LogP contribution in [0.3, 0.4) is 0 Å². The highest BCUT2D eigenvalue weighted by Crippen LogP contribution is 2.33. The molecule has 0 spiro atoms. The fraction of sp³-hybridized carbons (Fsp3) is 0.103. The fourth-order valence-corrected chi connectivity index (χ4v) is 4.53. The molecule has 0 aliphatic heterocycles. The van der Waals surface area contributed by atoms with Crippen molar-refractivity contribution in [1.29, 1.82) is 0 Å². The summed E-state index contributed by atoms with van der Waals surface area (Å²) in [4.78, 5) is 0. The molecule has 0 saturated carbocycles. The molecule has 0 bridgehead atoms. The molecule has 0 aromatic heterocycles. The fourth-order valence-electron chi connectivity index (χ4n) is 4.53. The second kappa shape index (κ2) is 7.93. The zero-order valence-corrected chi connectivity index (χ0v) is 16.5. The molecule has 5 aromatic carbocycles. The van der Waals surface area contributed by atoms with E-state index in [0.29, 0.717) is 5.92 Å². The Morgan fingerprint density at radius 1 is 0.448 bits per heavy atom. The summed E-state index contributed by atoms with van der Waals surface area (Å²) in [6.07, 6.45) is 2.07. The average Bonchev–Trinajstić information content (AvgIpc) is 2.79. The average molecular weight is 373 g/mol.